The van der Waals surface area contributed by atoms with E-state index in [1.165, 1.54) is 24.3 Å². The highest BCUT2D eigenvalue weighted by Gasteiger charge is 2.35. The Morgan fingerprint density at radius 3 is 2.41 bits per heavy atom. The molecule has 1 aliphatic rings. The first-order valence-corrected chi connectivity index (χ1v) is 10.1. The smallest absolute Gasteiger partial charge is 0.270 e. The number of ether oxygens (including phenoxy) is 1. The number of thiocarbonyl (C=S) groups is 1. The number of amides is 2. The molecule has 2 aromatic rings. The van der Waals surface area contributed by atoms with E-state index >= 15 is 0 Å². The third kappa shape index (κ3) is 3.99. The van der Waals surface area contributed by atoms with E-state index in [9.17, 15) is 14.0 Å². The minimum Gasteiger partial charge on any atom is -0.495 e. The number of methoxy groups -OCH3 is 1. The molecule has 1 N–H and O–H groups in total. The molecule has 138 valence electrons. The van der Waals surface area contributed by atoms with Crippen molar-refractivity contribution in [2.24, 2.45) is 0 Å². The summed E-state index contributed by atoms with van der Waals surface area (Å²) >= 11 is 9.30. The van der Waals surface area contributed by atoms with Gasteiger partial charge in [-0.15, -0.1) is 0 Å². The van der Waals surface area contributed by atoms with Crippen molar-refractivity contribution < 1.29 is 18.7 Å². The molecule has 27 heavy (non-hydrogen) atoms. The van der Waals surface area contributed by atoms with Gasteiger partial charge in [0, 0.05) is 0 Å². The van der Waals surface area contributed by atoms with Gasteiger partial charge >= 0.3 is 0 Å². The highest BCUT2D eigenvalue weighted by atomic mass is 127. The van der Waals surface area contributed by atoms with Crippen LogP contribution in [0.2, 0.25) is 0 Å². The molecular formula is C18H11FI2N2O3S. The Bertz CT molecular complexity index is 987. The maximum Gasteiger partial charge on any atom is 0.270 e. The zero-order chi connectivity index (χ0) is 19.7. The highest BCUT2D eigenvalue weighted by molar-refractivity contribution is 14.1. The van der Waals surface area contributed by atoms with Crippen LogP contribution in [0.5, 0.6) is 5.75 Å². The van der Waals surface area contributed by atoms with Gasteiger partial charge in [0.2, 0.25) is 0 Å². The van der Waals surface area contributed by atoms with Crippen molar-refractivity contribution in [1.29, 1.82) is 0 Å². The fraction of sp³-hybridized carbons (Fsp3) is 0.0556. The summed E-state index contributed by atoms with van der Waals surface area (Å²) in [6.07, 6.45) is 1.46. The standard InChI is InChI=1S/C18H11FI2N2O3S/c1-26-15-12(20)7-9(8-13(15)21)6-10-16(24)22-18(27)23(17(10)25)14-5-3-2-4-11(14)19/h2-8H,1H3,(H,22,24,27)/b10-6+. The molecule has 0 spiro atoms. The van der Waals surface area contributed by atoms with E-state index in [4.69, 9.17) is 17.0 Å². The monoisotopic (exact) mass is 608 g/mol. The van der Waals surface area contributed by atoms with Crippen molar-refractivity contribution in [1.82, 2.24) is 5.32 Å². The van der Waals surface area contributed by atoms with Gasteiger partial charge in [0.25, 0.3) is 11.8 Å². The largest absolute Gasteiger partial charge is 0.495 e. The Kier molecular flexibility index (Phi) is 6.11. The van der Waals surface area contributed by atoms with Gasteiger partial charge in [-0.2, -0.15) is 0 Å². The lowest BCUT2D eigenvalue weighted by Gasteiger charge is -2.29. The van der Waals surface area contributed by atoms with Crippen LogP contribution in [0.4, 0.5) is 10.1 Å². The Hall–Kier alpha value is -1.60. The van der Waals surface area contributed by atoms with Crippen LogP contribution in [0.1, 0.15) is 5.56 Å². The third-order valence-corrected chi connectivity index (χ3v) is 5.62. The van der Waals surface area contributed by atoms with Crippen molar-refractivity contribution in [2.45, 2.75) is 0 Å². The van der Waals surface area contributed by atoms with Crippen LogP contribution in [-0.2, 0) is 9.59 Å². The lowest BCUT2D eigenvalue weighted by Crippen LogP contribution is -2.54. The van der Waals surface area contributed by atoms with Crippen molar-refractivity contribution in [2.75, 3.05) is 12.0 Å². The zero-order valence-corrected chi connectivity index (χ0v) is 18.9. The van der Waals surface area contributed by atoms with Gasteiger partial charge in [-0.25, -0.2) is 9.29 Å². The second-order valence-corrected chi connectivity index (χ2v) is 8.14. The topological polar surface area (TPSA) is 58.6 Å². The normalized spacial score (nSPS) is 15.9. The number of para-hydroxylation sites is 1. The number of benzene rings is 2. The predicted molar refractivity (Wildman–Crippen MR) is 121 cm³/mol. The lowest BCUT2D eigenvalue weighted by atomic mass is 10.1. The molecule has 2 amide bonds. The molecule has 0 bridgehead atoms. The predicted octanol–water partition coefficient (Wildman–Crippen LogP) is 3.87. The maximum atomic E-state index is 14.2. The van der Waals surface area contributed by atoms with Crippen LogP contribution in [0.3, 0.4) is 0 Å². The van der Waals surface area contributed by atoms with Crippen molar-refractivity contribution in [3.05, 3.63) is 60.5 Å². The number of hydrogen-bond acceptors (Lipinski definition) is 4. The molecule has 1 aliphatic heterocycles. The van der Waals surface area contributed by atoms with E-state index < -0.39 is 17.6 Å². The number of carbonyl (C=O) groups excluding carboxylic acids is 2. The molecule has 0 aliphatic carbocycles. The first-order valence-electron chi connectivity index (χ1n) is 7.52. The summed E-state index contributed by atoms with van der Waals surface area (Å²) in [5.74, 6) is -1.21. The zero-order valence-electron chi connectivity index (χ0n) is 13.8. The van der Waals surface area contributed by atoms with Crippen LogP contribution in [0.15, 0.2) is 42.0 Å². The molecule has 2 aromatic carbocycles. The summed E-state index contributed by atoms with van der Waals surface area (Å²) in [7, 11) is 1.57. The van der Waals surface area contributed by atoms with E-state index in [-0.39, 0.29) is 16.4 Å². The summed E-state index contributed by atoms with van der Waals surface area (Å²) < 4.78 is 21.1. The van der Waals surface area contributed by atoms with Gasteiger partial charge < -0.3 is 4.74 Å². The fourth-order valence-corrected chi connectivity index (χ4v) is 5.06. The maximum absolute atomic E-state index is 14.2. The molecule has 3 rings (SSSR count). The third-order valence-electron chi connectivity index (χ3n) is 3.73. The van der Waals surface area contributed by atoms with Crippen LogP contribution in [-0.4, -0.2) is 24.0 Å². The number of hydrogen-bond donors (Lipinski definition) is 1. The minimum absolute atomic E-state index is 0.0164. The Labute approximate surface area is 187 Å². The molecule has 1 saturated heterocycles. The SMILES string of the molecule is COc1c(I)cc(/C=C2\C(=O)NC(=S)N(c3ccccc3F)C2=O)cc1I. The average molecular weight is 608 g/mol. The molecule has 1 fully saturated rings. The number of anilines is 1. The molecule has 0 aromatic heterocycles. The Balaban J connectivity index is 2.06. The van der Waals surface area contributed by atoms with E-state index in [1.54, 1.807) is 25.3 Å². The van der Waals surface area contributed by atoms with E-state index in [0.717, 1.165) is 12.0 Å². The molecule has 0 saturated carbocycles. The van der Waals surface area contributed by atoms with Crippen molar-refractivity contribution >= 4 is 86.1 Å². The molecule has 0 atom stereocenters. The molecule has 9 heteroatoms. The van der Waals surface area contributed by atoms with E-state index in [2.05, 4.69) is 50.5 Å². The van der Waals surface area contributed by atoms with Crippen molar-refractivity contribution in [3.8, 4) is 5.75 Å². The van der Waals surface area contributed by atoms with Gasteiger partial charge in [-0.3, -0.25) is 14.9 Å². The summed E-state index contributed by atoms with van der Waals surface area (Å²) in [5, 5.41) is 2.28. The summed E-state index contributed by atoms with van der Waals surface area (Å²) in [6, 6.07) is 9.31. The molecular weight excluding hydrogens is 597 g/mol. The number of nitrogens with one attached hydrogen (secondary N) is 1. The average Bonchev–Trinajstić information content (AvgIpc) is 2.60. The molecule has 0 radical (unpaired) electrons. The number of carbonyl (C=O) groups is 2. The molecule has 1 heterocycles. The van der Waals surface area contributed by atoms with Gasteiger partial charge in [0.1, 0.15) is 17.1 Å². The summed E-state index contributed by atoms with van der Waals surface area (Å²) in [4.78, 5) is 26.2. The second kappa shape index (κ2) is 8.19. The number of rotatable bonds is 3. The quantitative estimate of drug-likeness (QED) is 0.249. The second-order valence-electron chi connectivity index (χ2n) is 5.43. The van der Waals surface area contributed by atoms with Gasteiger partial charge in [0.15, 0.2) is 5.11 Å². The van der Waals surface area contributed by atoms with Gasteiger partial charge in [0.05, 0.1) is 19.9 Å². The number of halogens is 3. The van der Waals surface area contributed by atoms with E-state index in [1.807, 2.05) is 0 Å². The molecule has 0 unspecified atom stereocenters. The lowest BCUT2D eigenvalue weighted by molar-refractivity contribution is -0.122. The van der Waals surface area contributed by atoms with Crippen LogP contribution < -0.4 is 15.0 Å². The Morgan fingerprint density at radius 2 is 1.81 bits per heavy atom. The van der Waals surface area contributed by atoms with Gasteiger partial charge in [-0.05, 0) is 93.3 Å². The van der Waals surface area contributed by atoms with Crippen molar-refractivity contribution in [3.63, 3.8) is 0 Å². The highest BCUT2D eigenvalue weighted by Crippen LogP contribution is 2.30. The van der Waals surface area contributed by atoms with E-state index in [0.29, 0.717) is 11.3 Å². The van der Waals surface area contributed by atoms with Crippen LogP contribution >= 0.6 is 57.4 Å². The summed E-state index contributed by atoms with van der Waals surface area (Å²) in [6.45, 7) is 0. The Morgan fingerprint density at radius 1 is 1.19 bits per heavy atom. The first kappa shape index (κ1) is 20.1. The first-order chi connectivity index (χ1) is 12.8. The van der Waals surface area contributed by atoms with Crippen LogP contribution in [0.25, 0.3) is 6.08 Å². The number of nitrogens with zero attached hydrogens (tertiary/aromatic N) is 1. The fourth-order valence-electron chi connectivity index (χ4n) is 2.53. The molecule has 5 nitrogen and oxygen atoms in total. The summed E-state index contributed by atoms with van der Waals surface area (Å²) in [5.41, 5.74) is 0.491. The van der Waals surface area contributed by atoms with Crippen LogP contribution in [0, 0.1) is 13.0 Å². The van der Waals surface area contributed by atoms with Gasteiger partial charge in [-0.1, -0.05) is 12.1 Å². The minimum atomic E-state index is -0.685.